The SMILES string of the molecule is CN1CC[C@]23C4C5CCC(O)C4O[C@H]2[C@@H](N[C@@H](CC2CCCCC2)C(=O)O)CC[C@@]3(O)C1C5. The van der Waals surface area contributed by atoms with E-state index in [2.05, 4.69) is 17.3 Å². The molecule has 0 aromatic carbocycles. The number of hydrogen-bond donors (Lipinski definition) is 4. The summed E-state index contributed by atoms with van der Waals surface area (Å²) >= 11 is 0. The monoisotopic (exact) mass is 462 g/mol. The highest BCUT2D eigenvalue weighted by atomic mass is 16.5. The van der Waals surface area contributed by atoms with Gasteiger partial charge in [0.15, 0.2) is 0 Å². The Hall–Kier alpha value is -0.730. The summed E-state index contributed by atoms with van der Waals surface area (Å²) in [7, 11) is 2.14. The molecule has 2 aliphatic heterocycles. The van der Waals surface area contributed by atoms with Crippen LogP contribution in [0.4, 0.5) is 0 Å². The van der Waals surface area contributed by atoms with Crippen LogP contribution in [0.3, 0.4) is 0 Å². The minimum atomic E-state index is -0.822. The third kappa shape index (κ3) is 3.22. The van der Waals surface area contributed by atoms with Crippen LogP contribution in [0.5, 0.6) is 0 Å². The van der Waals surface area contributed by atoms with Gasteiger partial charge in [0, 0.05) is 23.4 Å². The molecule has 7 nitrogen and oxygen atoms in total. The number of rotatable bonds is 5. The van der Waals surface area contributed by atoms with Crippen molar-refractivity contribution < 1.29 is 24.9 Å². The zero-order chi connectivity index (χ0) is 23.0. The molecule has 2 saturated heterocycles. The molecule has 10 atom stereocenters. The maximum atomic E-state index is 12.3. The molecule has 0 aromatic rings. The number of ether oxygens (including phenoxy) is 1. The Labute approximate surface area is 197 Å². The summed E-state index contributed by atoms with van der Waals surface area (Å²) in [6, 6.07) is -0.528. The van der Waals surface area contributed by atoms with Gasteiger partial charge in [-0.05, 0) is 70.4 Å². The fourth-order valence-corrected chi connectivity index (χ4v) is 9.59. The fraction of sp³-hybridized carbons (Fsp3) is 0.962. The number of aliphatic hydroxyl groups excluding tert-OH is 1. The summed E-state index contributed by atoms with van der Waals surface area (Å²) in [5.41, 5.74) is -1.21. The van der Waals surface area contributed by atoms with E-state index in [1.165, 1.54) is 19.3 Å². The number of carbonyl (C=O) groups is 1. The summed E-state index contributed by atoms with van der Waals surface area (Å²) < 4.78 is 6.74. The number of nitrogens with one attached hydrogen (secondary N) is 1. The molecule has 6 aliphatic rings. The third-order valence-corrected chi connectivity index (χ3v) is 11.0. The van der Waals surface area contributed by atoms with E-state index in [9.17, 15) is 20.1 Å². The fourth-order valence-electron chi connectivity index (χ4n) is 9.59. The summed E-state index contributed by atoms with van der Waals surface area (Å²) in [4.78, 5) is 14.6. The first-order chi connectivity index (χ1) is 15.8. The predicted molar refractivity (Wildman–Crippen MR) is 123 cm³/mol. The highest BCUT2D eigenvalue weighted by Crippen LogP contribution is 2.69. The van der Waals surface area contributed by atoms with E-state index >= 15 is 0 Å². The van der Waals surface area contributed by atoms with E-state index in [1.54, 1.807) is 0 Å². The molecule has 5 unspecified atom stereocenters. The minimum Gasteiger partial charge on any atom is -0.480 e. The molecule has 4 saturated carbocycles. The van der Waals surface area contributed by atoms with Gasteiger partial charge in [-0.25, -0.2) is 0 Å². The highest BCUT2D eigenvalue weighted by Gasteiger charge is 2.77. The molecule has 0 radical (unpaired) electrons. The van der Waals surface area contributed by atoms with Crippen LogP contribution in [-0.2, 0) is 9.53 Å². The summed E-state index contributed by atoms with van der Waals surface area (Å²) in [6.07, 6.45) is 10.7. The van der Waals surface area contributed by atoms with Crippen molar-refractivity contribution in [2.24, 2.45) is 23.2 Å². The number of hydrogen-bond acceptors (Lipinski definition) is 6. The van der Waals surface area contributed by atoms with E-state index in [0.717, 1.165) is 51.5 Å². The van der Waals surface area contributed by atoms with Crippen LogP contribution >= 0.6 is 0 Å². The summed E-state index contributed by atoms with van der Waals surface area (Å²) in [5, 5.41) is 36.9. The Kier molecular flexibility index (Phi) is 5.61. The van der Waals surface area contributed by atoms with Crippen LogP contribution in [0, 0.1) is 23.2 Å². The Morgan fingerprint density at radius 3 is 2.70 bits per heavy atom. The Morgan fingerprint density at radius 2 is 1.94 bits per heavy atom. The van der Waals surface area contributed by atoms with Gasteiger partial charge in [0.25, 0.3) is 0 Å². The van der Waals surface area contributed by atoms with Gasteiger partial charge in [0.05, 0.1) is 23.9 Å². The van der Waals surface area contributed by atoms with Crippen LogP contribution in [0.2, 0.25) is 0 Å². The van der Waals surface area contributed by atoms with Gasteiger partial charge in [-0.15, -0.1) is 0 Å². The lowest BCUT2D eigenvalue weighted by Gasteiger charge is -2.68. The molecule has 6 rings (SSSR count). The number of likely N-dealkylation sites (N-methyl/N-ethyl adjacent to an activating group) is 1. The van der Waals surface area contributed by atoms with Gasteiger partial charge in [-0.1, -0.05) is 32.1 Å². The topological polar surface area (TPSA) is 102 Å². The van der Waals surface area contributed by atoms with Gasteiger partial charge in [0.2, 0.25) is 0 Å². The van der Waals surface area contributed by atoms with Crippen molar-refractivity contribution in [3.8, 4) is 0 Å². The predicted octanol–water partition coefficient (Wildman–Crippen LogP) is 2.14. The van der Waals surface area contributed by atoms with E-state index in [1.807, 2.05) is 0 Å². The van der Waals surface area contributed by atoms with Crippen LogP contribution in [0.15, 0.2) is 0 Å². The van der Waals surface area contributed by atoms with Crippen LogP contribution in [-0.4, -0.2) is 81.8 Å². The van der Waals surface area contributed by atoms with E-state index in [4.69, 9.17) is 4.74 Å². The van der Waals surface area contributed by atoms with Gasteiger partial charge >= 0.3 is 5.97 Å². The quantitative estimate of drug-likeness (QED) is 0.496. The maximum absolute atomic E-state index is 12.3. The second kappa shape index (κ2) is 8.16. The standard InChI is InChI=1S/C26H42N2O5/c1-28-12-11-25-21-16-7-8-19(29)22(21)33-23(25)17(9-10-26(25,32)20(28)14-16)27-18(24(30)31)13-15-5-3-2-4-6-15/h15-23,27,29,32H,2-14H2,1H3,(H,30,31)/t16?,17-,18-,19?,20?,21?,22?,23-,25-,26+/m0/s1. The van der Waals surface area contributed by atoms with Gasteiger partial charge < -0.3 is 25.0 Å². The lowest BCUT2D eigenvalue weighted by atomic mass is 9.42. The molecule has 1 spiro atoms. The smallest absolute Gasteiger partial charge is 0.320 e. The molecule has 7 heteroatoms. The number of carboxylic acids is 1. The van der Waals surface area contributed by atoms with E-state index < -0.39 is 23.7 Å². The Balaban J connectivity index is 1.31. The molecule has 4 aliphatic carbocycles. The van der Waals surface area contributed by atoms with Crippen molar-refractivity contribution >= 4 is 5.97 Å². The highest BCUT2D eigenvalue weighted by molar-refractivity contribution is 5.73. The third-order valence-electron chi connectivity index (χ3n) is 11.0. The lowest BCUT2D eigenvalue weighted by Crippen LogP contribution is -2.78. The van der Waals surface area contributed by atoms with Crippen molar-refractivity contribution in [1.82, 2.24) is 10.2 Å². The molecule has 0 amide bonds. The zero-order valence-corrected chi connectivity index (χ0v) is 20.0. The second-order valence-electron chi connectivity index (χ2n) is 12.3. The number of likely N-dealkylation sites (tertiary alicyclic amines) is 1. The molecule has 186 valence electrons. The minimum absolute atomic E-state index is 0.0874. The first kappa shape index (κ1) is 22.7. The van der Waals surface area contributed by atoms with Gasteiger partial charge in [-0.2, -0.15) is 0 Å². The maximum Gasteiger partial charge on any atom is 0.320 e. The first-order valence-corrected chi connectivity index (χ1v) is 13.6. The van der Waals surface area contributed by atoms with E-state index in [-0.39, 0.29) is 35.6 Å². The molecule has 2 bridgehead atoms. The number of piperidine rings is 1. The molecular formula is C26H42N2O5. The Bertz CT molecular complexity index is 774. The molecule has 0 aromatic heterocycles. The van der Waals surface area contributed by atoms with E-state index in [0.29, 0.717) is 24.7 Å². The number of nitrogens with zero attached hydrogens (tertiary/aromatic N) is 1. The lowest BCUT2D eigenvalue weighted by molar-refractivity contribution is -0.257. The average molecular weight is 463 g/mol. The molecule has 33 heavy (non-hydrogen) atoms. The van der Waals surface area contributed by atoms with Crippen molar-refractivity contribution in [2.75, 3.05) is 13.6 Å². The average Bonchev–Trinajstić information content (AvgIpc) is 3.16. The summed E-state index contributed by atoms with van der Waals surface area (Å²) in [6.45, 7) is 0.927. The van der Waals surface area contributed by atoms with Crippen LogP contribution in [0.25, 0.3) is 0 Å². The first-order valence-electron chi connectivity index (χ1n) is 13.6. The van der Waals surface area contributed by atoms with Crippen molar-refractivity contribution in [1.29, 1.82) is 0 Å². The second-order valence-corrected chi connectivity index (χ2v) is 12.3. The largest absolute Gasteiger partial charge is 0.480 e. The van der Waals surface area contributed by atoms with Crippen molar-refractivity contribution in [3.05, 3.63) is 0 Å². The van der Waals surface area contributed by atoms with Crippen molar-refractivity contribution in [2.45, 2.75) is 119 Å². The molecule has 2 heterocycles. The van der Waals surface area contributed by atoms with Crippen LogP contribution in [0.1, 0.15) is 77.0 Å². The number of aliphatic hydroxyl groups is 2. The molecule has 4 N–H and O–H groups in total. The van der Waals surface area contributed by atoms with Crippen LogP contribution < -0.4 is 5.32 Å². The molecule has 6 fully saturated rings. The number of aliphatic carboxylic acids is 1. The Morgan fingerprint density at radius 1 is 1.15 bits per heavy atom. The molecular weight excluding hydrogens is 420 g/mol. The van der Waals surface area contributed by atoms with Crippen molar-refractivity contribution in [3.63, 3.8) is 0 Å². The van der Waals surface area contributed by atoms with Gasteiger partial charge in [-0.3, -0.25) is 10.1 Å². The zero-order valence-electron chi connectivity index (χ0n) is 20.0. The summed E-state index contributed by atoms with van der Waals surface area (Å²) in [5.74, 6) is 0.351. The normalized spacial score (nSPS) is 50.6. The number of carboxylic acid groups (broad SMARTS) is 1. The van der Waals surface area contributed by atoms with Gasteiger partial charge in [0.1, 0.15) is 6.04 Å².